The summed E-state index contributed by atoms with van der Waals surface area (Å²) in [5.41, 5.74) is 1.80. The molecule has 1 aromatic heterocycles. The summed E-state index contributed by atoms with van der Waals surface area (Å²) >= 11 is 0. The van der Waals surface area contributed by atoms with Gasteiger partial charge in [-0.1, -0.05) is 24.3 Å². The van der Waals surface area contributed by atoms with Gasteiger partial charge in [0.15, 0.2) is 0 Å². The SMILES string of the molecule is O=c1[nH]ccn1Cc1ccc(CO)cc1. The van der Waals surface area contributed by atoms with Crippen LogP contribution in [0.1, 0.15) is 11.1 Å². The summed E-state index contributed by atoms with van der Waals surface area (Å²) in [7, 11) is 0. The van der Waals surface area contributed by atoms with Crippen LogP contribution in [0.3, 0.4) is 0 Å². The van der Waals surface area contributed by atoms with Gasteiger partial charge < -0.3 is 10.1 Å². The van der Waals surface area contributed by atoms with Gasteiger partial charge in [-0.05, 0) is 11.1 Å². The summed E-state index contributed by atoms with van der Waals surface area (Å²) in [5.74, 6) is 0. The number of imidazole rings is 1. The zero-order valence-electron chi connectivity index (χ0n) is 8.18. The summed E-state index contributed by atoms with van der Waals surface area (Å²) in [6, 6.07) is 7.52. The Morgan fingerprint density at radius 3 is 2.40 bits per heavy atom. The average Bonchev–Trinajstić information content (AvgIpc) is 2.66. The molecule has 4 nitrogen and oxygen atoms in total. The molecular formula is C11H12N2O2. The third-order valence-corrected chi connectivity index (χ3v) is 2.28. The Kier molecular flexibility index (Phi) is 2.69. The van der Waals surface area contributed by atoms with Gasteiger partial charge in [0.25, 0.3) is 0 Å². The molecule has 0 fully saturated rings. The van der Waals surface area contributed by atoms with E-state index in [1.807, 2.05) is 24.3 Å². The Morgan fingerprint density at radius 1 is 1.20 bits per heavy atom. The van der Waals surface area contributed by atoms with E-state index in [1.54, 1.807) is 17.0 Å². The van der Waals surface area contributed by atoms with Gasteiger partial charge in [0.05, 0.1) is 13.2 Å². The number of hydrogen-bond donors (Lipinski definition) is 2. The van der Waals surface area contributed by atoms with Gasteiger partial charge in [0, 0.05) is 12.4 Å². The van der Waals surface area contributed by atoms with Crippen molar-refractivity contribution < 1.29 is 5.11 Å². The Hall–Kier alpha value is -1.81. The van der Waals surface area contributed by atoms with Gasteiger partial charge >= 0.3 is 5.69 Å². The van der Waals surface area contributed by atoms with E-state index in [0.29, 0.717) is 6.54 Å². The van der Waals surface area contributed by atoms with Crippen molar-refractivity contribution in [3.05, 3.63) is 58.3 Å². The lowest BCUT2D eigenvalue weighted by Crippen LogP contribution is -2.16. The lowest BCUT2D eigenvalue weighted by molar-refractivity contribution is 0.282. The number of aromatic nitrogens is 2. The van der Waals surface area contributed by atoms with E-state index in [2.05, 4.69) is 4.98 Å². The molecule has 2 aromatic rings. The molecule has 0 bridgehead atoms. The number of benzene rings is 1. The Bertz CT molecular complexity index is 482. The molecule has 4 heteroatoms. The first kappa shape index (κ1) is 9.73. The summed E-state index contributed by atoms with van der Waals surface area (Å²) in [6.45, 7) is 0.596. The monoisotopic (exact) mass is 204 g/mol. The zero-order valence-corrected chi connectivity index (χ0v) is 8.18. The Balaban J connectivity index is 2.18. The first-order valence-electron chi connectivity index (χ1n) is 4.72. The van der Waals surface area contributed by atoms with Gasteiger partial charge in [-0.2, -0.15) is 0 Å². The molecule has 0 unspecified atom stereocenters. The van der Waals surface area contributed by atoms with Gasteiger partial charge in [0.1, 0.15) is 0 Å². The molecule has 1 heterocycles. The van der Waals surface area contributed by atoms with Crippen LogP contribution in [0.15, 0.2) is 41.5 Å². The first-order chi connectivity index (χ1) is 7.29. The second kappa shape index (κ2) is 4.14. The molecule has 0 saturated carbocycles. The minimum absolute atomic E-state index is 0.0460. The van der Waals surface area contributed by atoms with Crippen LogP contribution in [-0.4, -0.2) is 14.7 Å². The smallest absolute Gasteiger partial charge is 0.325 e. The predicted molar refractivity (Wildman–Crippen MR) is 56.5 cm³/mol. The van der Waals surface area contributed by atoms with E-state index in [0.717, 1.165) is 11.1 Å². The number of hydrogen-bond acceptors (Lipinski definition) is 2. The summed E-state index contributed by atoms with van der Waals surface area (Å²) in [5, 5.41) is 8.87. The molecule has 0 radical (unpaired) electrons. The highest BCUT2D eigenvalue weighted by molar-refractivity contribution is 5.22. The number of aliphatic hydroxyl groups is 1. The molecule has 0 aliphatic rings. The van der Waals surface area contributed by atoms with Crippen molar-refractivity contribution in [1.29, 1.82) is 0 Å². The maximum atomic E-state index is 11.2. The lowest BCUT2D eigenvalue weighted by Gasteiger charge is -2.02. The Labute approximate surface area is 86.8 Å². The van der Waals surface area contributed by atoms with Crippen LogP contribution in [0.25, 0.3) is 0 Å². The normalized spacial score (nSPS) is 10.5. The van der Waals surface area contributed by atoms with Crippen molar-refractivity contribution in [2.24, 2.45) is 0 Å². The highest BCUT2D eigenvalue weighted by Crippen LogP contribution is 2.05. The molecule has 1 aromatic carbocycles. The zero-order chi connectivity index (χ0) is 10.7. The van der Waals surface area contributed by atoms with Crippen LogP contribution in [0.5, 0.6) is 0 Å². The minimum atomic E-state index is -0.110. The number of nitrogens with zero attached hydrogens (tertiary/aromatic N) is 1. The molecule has 15 heavy (non-hydrogen) atoms. The van der Waals surface area contributed by atoms with Crippen LogP contribution >= 0.6 is 0 Å². The summed E-state index contributed by atoms with van der Waals surface area (Å²) < 4.78 is 1.59. The summed E-state index contributed by atoms with van der Waals surface area (Å²) in [6.07, 6.45) is 3.33. The third-order valence-electron chi connectivity index (χ3n) is 2.28. The summed E-state index contributed by atoms with van der Waals surface area (Å²) in [4.78, 5) is 13.8. The fourth-order valence-electron chi connectivity index (χ4n) is 1.42. The number of rotatable bonds is 3. The lowest BCUT2D eigenvalue weighted by atomic mass is 10.1. The van der Waals surface area contributed by atoms with Crippen molar-refractivity contribution in [2.75, 3.05) is 0 Å². The highest BCUT2D eigenvalue weighted by atomic mass is 16.3. The van der Waals surface area contributed by atoms with Crippen molar-refractivity contribution in [1.82, 2.24) is 9.55 Å². The fraction of sp³-hybridized carbons (Fsp3) is 0.182. The van der Waals surface area contributed by atoms with Crippen LogP contribution < -0.4 is 5.69 Å². The molecule has 2 N–H and O–H groups in total. The van der Waals surface area contributed by atoms with Gasteiger partial charge in [0.2, 0.25) is 0 Å². The number of nitrogens with one attached hydrogen (secondary N) is 1. The van der Waals surface area contributed by atoms with E-state index in [4.69, 9.17) is 5.11 Å². The van der Waals surface area contributed by atoms with Gasteiger partial charge in [-0.3, -0.25) is 4.57 Å². The third kappa shape index (κ3) is 2.16. The number of H-pyrrole nitrogens is 1. The Morgan fingerprint density at radius 2 is 1.87 bits per heavy atom. The molecule has 0 saturated heterocycles. The molecule has 0 spiro atoms. The van der Waals surface area contributed by atoms with Gasteiger partial charge in [-0.15, -0.1) is 0 Å². The van der Waals surface area contributed by atoms with E-state index < -0.39 is 0 Å². The molecule has 0 aliphatic carbocycles. The molecule has 0 aliphatic heterocycles. The van der Waals surface area contributed by atoms with Crippen molar-refractivity contribution in [3.8, 4) is 0 Å². The topological polar surface area (TPSA) is 58.0 Å². The largest absolute Gasteiger partial charge is 0.392 e. The van der Waals surface area contributed by atoms with E-state index >= 15 is 0 Å². The quantitative estimate of drug-likeness (QED) is 0.773. The number of aliphatic hydroxyl groups excluding tert-OH is 1. The second-order valence-electron chi connectivity index (χ2n) is 3.37. The standard InChI is InChI=1S/C11H12N2O2/c14-8-10-3-1-9(2-4-10)7-13-6-5-12-11(13)15/h1-6,14H,7-8H2,(H,12,15). The van der Waals surface area contributed by atoms with Crippen LogP contribution in [-0.2, 0) is 13.2 Å². The molecule has 0 amide bonds. The van der Waals surface area contributed by atoms with E-state index in [1.165, 1.54) is 0 Å². The first-order valence-corrected chi connectivity index (χ1v) is 4.72. The molecule has 2 rings (SSSR count). The second-order valence-corrected chi connectivity index (χ2v) is 3.37. The van der Waals surface area contributed by atoms with Crippen molar-refractivity contribution in [3.63, 3.8) is 0 Å². The van der Waals surface area contributed by atoms with Crippen LogP contribution in [0, 0.1) is 0 Å². The van der Waals surface area contributed by atoms with Crippen LogP contribution in [0.4, 0.5) is 0 Å². The maximum Gasteiger partial charge on any atom is 0.325 e. The fourth-order valence-corrected chi connectivity index (χ4v) is 1.42. The van der Waals surface area contributed by atoms with Crippen molar-refractivity contribution in [2.45, 2.75) is 13.2 Å². The molecule has 78 valence electrons. The highest BCUT2D eigenvalue weighted by Gasteiger charge is 1.98. The van der Waals surface area contributed by atoms with Crippen LogP contribution in [0.2, 0.25) is 0 Å². The predicted octanol–water partition coefficient (Wildman–Crippen LogP) is 0.717. The van der Waals surface area contributed by atoms with E-state index in [-0.39, 0.29) is 12.3 Å². The molecular weight excluding hydrogens is 192 g/mol. The molecule has 0 atom stereocenters. The van der Waals surface area contributed by atoms with Gasteiger partial charge in [-0.25, -0.2) is 4.79 Å². The van der Waals surface area contributed by atoms with E-state index in [9.17, 15) is 4.79 Å². The maximum absolute atomic E-state index is 11.2. The number of aromatic amines is 1. The minimum Gasteiger partial charge on any atom is -0.392 e. The van der Waals surface area contributed by atoms with Crippen molar-refractivity contribution >= 4 is 0 Å². The average molecular weight is 204 g/mol.